The molecule has 67 heavy (non-hydrogen) atoms. The second kappa shape index (κ2) is 19.0. The lowest BCUT2D eigenvalue weighted by atomic mass is 9.91. The van der Waals surface area contributed by atoms with E-state index in [0.717, 1.165) is 42.7 Å². The Morgan fingerprint density at radius 3 is 2.45 bits per heavy atom. The zero-order valence-corrected chi connectivity index (χ0v) is 37.8. The fourth-order valence-corrected chi connectivity index (χ4v) is 9.42. The van der Waals surface area contributed by atoms with E-state index in [1.165, 1.54) is 13.2 Å². The third-order valence-electron chi connectivity index (χ3n) is 13.3. The molecule has 6 N–H and O–H groups in total. The van der Waals surface area contributed by atoms with Crippen LogP contribution in [0.4, 0.5) is 30.4 Å². The zero-order chi connectivity index (χ0) is 47.8. The number of carbonyl (C=O) groups is 5. The minimum absolute atomic E-state index is 0.00639. The number of carbonyl (C=O) groups excluding carboxylic acids is 5. The van der Waals surface area contributed by atoms with Crippen LogP contribution in [0.3, 0.4) is 0 Å². The highest BCUT2D eigenvalue weighted by molar-refractivity contribution is 6.25. The van der Waals surface area contributed by atoms with Crippen LogP contribution in [0.2, 0.25) is 0 Å². The van der Waals surface area contributed by atoms with Gasteiger partial charge in [0.2, 0.25) is 17.7 Å². The van der Waals surface area contributed by atoms with Crippen molar-refractivity contribution in [1.82, 2.24) is 25.5 Å². The zero-order valence-electron chi connectivity index (χ0n) is 37.8. The van der Waals surface area contributed by atoms with Gasteiger partial charge in [-0.1, -0.05) is 6.07 Å². The first-order valence-electron chi connectivity index (χ1n) is 22.6. The van der Waals surface area contributed by atoms with Crippen molar-refractivity contribution in [3.63, 3.8) is 0 Å². The van der Waals surface area contributed by atoms with E-state index in [4.69, 9.17) is 19.9 Å². The number of nitrogen functional groups attached to an aromatic ring is 1. The van der Waals surface area contributed by atoms with Crippen LogP contribution >= 0.6 is 0 Å². The normalized spacial score (nSPS) is 21.1. The smallest absolute Gasteiger partial charge is 0.416 e. The number of anilines is 3. The molecular weight excluding hydrogens is 874 g/mol. The monoisotopic (exact) mass is 928 g/mol. The van der Waals surface area contributed by atoms with E-state index in [0.29, 0.717) is 77.6 Å². The van der Waals surface area contributed by atoms with Crippen molar-refractivity contribution in [3.05, 3.63) is 76.6 Å². The summed E-state index contributed by atoms with van der Waals surface area (Å²) in [4.78, 5) is 74.1. The Bertz CT molecular complexity index is 2600. The number of halogens is 3. The number of amides is 5. The van der Waals surface area contributed by atoms with Gasteiger partial charge in [0.25, 0.3) is 11.8 Å². The molecule has 0 spiro atoms. The maximum atomic E-state index is 13.7. The number of aromatic nitrogens is 2. The molecule has 4 aliphatic rings. The molecule has 3 fully saturated rings. The van der Waals surface area contributed by atoms with Gasteiger partial charge in [-0.05, 0) is 114 Å². The Labute approximate surface area is 385 Å². The molecule has 2 unspecified atom stereocenters. The summed E-state index contributed by atoms with van der Waals surface area (Å²) in [6, 6.07) is 10.3. The summed E-state index contributed by atoms with van der Waals surface area (Å²) in [5, 5.41) is 12.3. The van der Waals surface area contributed by atoms with Crippen molar-refractivity contribution in [3.8, 4) is 11.5 Å². The fraction of sp³-hybridized carbons (Fsp3) is 0.479. The standard InChI is InChI=1S/C48H55F3N8O8/c1-25(27-18-28(48(49,50)51)20-29(52)19-27)54-43-34-21-39(38(65-4)22-36(34)55-26(2)56-43)66-24-47(16-17-47)23-32(12-14-40(60)53-3)67-31-10-8-30(9-11-31)57-35-7-5-6-33-42(35)46(64)59(45(33)63)37-13-15-41(61)58-44(37)62/h5-7,18-22,25,30-32,37,57H,8-17,23-24,52H2,1-4H3,(H,53,60)(H,54,55,56)(H,58,61,62)/t25-,30?,31?,32?,37?/m1/s1. The topological polar surface area (TPSA) is 216 Å². The molecule has 1 aromatic heterocycles. The SMILES string of the molecule is CNC(=O)CCC(CC1(COc2cc3c(N[C@H](C)c4cc(N)cc(C(F)(F)F)c4)nc(C)nc3cc2OC)CC1)OC1CCC(Nc2cccc3c2C(=O)N(C2CCC(=O)NC2=O)C3=O)CC1. The van der Waals surface area contributed by atoms with Gasteiger partial charge < -0.3 is 35.9 Å². The average molecular weight is 929 g/mol. The molecular formula is C48H55F3N8O8. The summed E-state index contributed by atoms with van der Waals surface area (Å²) in [6.45, 7) is 3.79. The van der Waals surface area contributed by atoms with Crippen molar-refractivity contribution < 1.29 is 51.4 Å². The van der Waals surface area contributed by atoms with Crippen LogP contribution in [0, 0.1) is 12.3 Å². The number of piperidine rings is 1. The molecule has 3 heterocycles. The van der Waals surface area contributed by atoms with Gasteiger partial charge in [0, 0.05) is 54.2 Å². The van der Waals surface area contributed by atoms with Gasteiger partial charge in [-0.2, -0.15) is 13.2 Å². The molecule has 0 radical (unpaired) electrons. The molecule has 16 nitrogen and oxygen atoms in total. The van der Waals surface area contributed by atoms with Crippen LogP contribution in [-0.2, 0) is 25.3 Å². The molecule has 2 saturated carbocycles. The van der Waals surface area contributed by atoms with Crippen LogP contribution in [0.15, 0.2) is 48.5 Å². The van der Waals surface area contributed by atoms with E-state index in [1.807, 2.05) is 0 Å². The number of imide groups is 2. The minimum atomic E-state index is -4.56. The van der Waals surface area contributed by atoms with Crippen molar-refractivity contribution in [2.24, 2.45) is 5.41 Å². The number of benzene rings is 3. The first kappa shape index (κ1) is 47.0. The summed E-state index contributed by atoms with van der Waals surface area (Å²) < 4.78 is 60.0. The van der Waals surface area contributed by atoms with Gasteiger partial charge in [-0.25, -0.2) is 9.97 Å². The van der Waals surface area contributed by atoms with Gasteiger partial charge in [-0.3, -0.25) is 34.2 Å². The van der Waals surface area contributed by atoms with Crippen LogP contribution in [-0.4, -0.2) is 89.5 Å². The molecule has 8 rings (SSSR count). The second-order valence-electron chi connectivity index (χ2n) is 18.1. The highest BCUT2D eigenvalue weighted by atomic mass is 19.4. The average Bonchev–Trinajstić information content (AvgIpc) is 4.01. The highest BCUT2D eigenvalue weighted by Gasteiger charge is 2.47. The summed E-state index contributed by atoms with van der Waals surface area (Å²) in [5.74, 6) is -0.564. The van der Waals surface area contributed by atoms with Crippen molar-refractivity contribution in [2.45, 2.75) is 121 Å². The van der Waals surface area contributed by atoms with Gasteiger partial charge in [0.15, 0.2) is 11.5 Å². The molecule has 356 valence electrons. The van der Waals surface area contributed by atoms with Crippen molar-refractivity contribution >= 4 is 57.6 Å². The molecule has 0 bridgehead atoms. The number of nitrogens with one attached hydrogen (secondary N) is 4. The highest BCUT2D eigenvalue weighted by Crippen LogP contribution is 2.52. The number of ether oxygens (including phenoxy) is 3. The number of nitrogens with two attached hydrogens (primary N) is 1. The molecule has 19 heteroatoms. The summed E-state index contributed by atoms with van der Waals surface area (Å²) in [5.41, 5.74) is 6.64. The Morgan fingerprint density at radius 1 is 1.00 bits per heavy atom. The number of rotatable bonds is 17. The Hall–Kier alpha value is -6.50. The predicted molar refractivity (Wildman–Crippen MR) is 241 cm³/mol. The first-order valence-corrected chi connectivity index (χ1v) is 22.6. The van der Waals surface area contributed by atoms with Crippen molar-refractivity contribution in [2.75, 3.05) is 37.1 Å². The quantitative estimate of drug-likeness (QED) is 0.0533. The number of alkyl halides is 3. The summed E-state index contributed by atoms with van der Waals surface area (Å²) in [7, 11) is 3.14. The van der Waals surface area contributed by atoms with E-state index in [-0.39, 0.29) is 65.6 Å². The first-order chi connectivity index (χ1) is 31.9. The molecule has 2 aliphatic heterocycles. The van der Waals surface area contributed by atoms with Gasteiger partial charge >= 0.3 is 6.18 Å². The Balaban J connectivity index is 0.918. The minimum Gasteiger partial charge on any atom is -0.493 e. The fourth-order valence-electron chi connectivity index (χ4n) is 9.42. The molecule has 5 amide bonds. The molecule has 2 aliphatic carbocycles. The summed E-state index contributed by atoms with van der Waals surface area (Å²) >= 11 is 0. The van der Waals surface area contributed by atoms with Crippen molar-refractivity contribution in [1.29, 1.82) is 0 Å². The van der Waals surface area contributed by atoms with E-state index in [2.05, 4.69) is 31.2 Å². The lowest BCUT2D eigenvalue weighted by Crippen LogP contribution is -2.54. The maximum Gasteiger partial charge on any atom is 0.416 e. The van der Waals surface area contributed by atoms with Gasteiger partial charge in [0.1, 0.15) is 17.7 Å². The second-order valence-corrected chi connectivity index (χ2v) is 18.1. The molecule has 3 aromatic carbocycles. The lowest BCUT2D eigenvalue weighted by molar-refractivity contribution is -0.138. The van der Waals surface area contributed by atoms with E-state index in [1.54, 1.807) is 51.2 Å². The number of nitrogens with zero attached hydrogens (tertiary/aromatic N) is 3. The third-order valence-corrected chi connectivity index (χ3v) is 13.3. The maximum absolute atomic E-state index is 13.7. The van der Waals surface area contributed by atoms with E-state index >= 15 is 0 Å². The lowest BCUT2D eigenvalue weighted by Gasteiger charge is -2.34. The van der Waals surface area contributed by atoms with Crippen LogP contribution in [0.25, 0.3) is 10.9 Å². The number of aryl methyl sites for hydroxylation is 1. The number of methoxy groups -OCH3 is 1. The Morgan fingerprint density at radius 2 is 1.76 bits per heavy atom. The van der Waals surface area contributed by atoms with Crippen LogP contribution in [0.1, 0.15) is 121 Å². The van der Waals surface area contributed by atoms with Crippen LogP contribution in [0.5, 0.6) is 11.5 Å². The van der Waals surface area contributed by atoms with Gasteiger partial charge in [0.05, 0.1) is 54.2 Å². The number of hydrogen-bond donors (Lipinski definition) is 5. The molecule has 1 saturated heterocycles. The third kappa shape index (κ3) is 10.4. The molecule has 4 aromatic rings. The largest absolute Gasteiger partial charge is 0.493 e. The van der Waals surface area contributed by atoms with Crippen LogP contribution < -0.4 is 36.5 Å². The molecule has 3 atom stereocenters. The predicted octanol–water partition coefficient (Wildman–Crippen LogP) is 7.01. The number of hydrogen-bond acceptors (Lipinski definition) is 13. The van der Waals surface area contributed by atoms with E-state index < -0.39 is 47.5 Å². The summed E-state index contributed by atoms with van der Waals surface area (Å²) in [6.07, 6.45) is 1.32. The van der Waals surface area contributed by atoms with Gasteiger partial charge in [-0.15, -0.1) is 0 Å². The van der Waals surface area contributed by atoms with E-state index in [9.17, 15) is 37.1 Å². The number of fused-ring (bicyclic) bond motifs is 2. The Kier molecular flexibility index (Phi) is 13.3.